The first kappa shape index (κ1) is 23.1. The number of carbonyl (C=O) groups excluding carboxylic acids is 2. The summed E-state index contributed by atoms with van der Waals surface area (Å²) in [7, 11) is 1.75. The van der Waals surface area contributed by atoms with Crippen LogP contribution in [0, 0.1) is 0 Å². The van der Waals surface area contributed by atoms with Crippen LogP contribution in [0.4, 0.5) is 11.4 Å². The van der Waals surface area contributed by atoms with E-state index in [-0.39, 0.29) is 29.0 Å². The van der Waals surface area contributed by atoms with Crippen LogP contribution in [0.3, 0.4) is 0 Å². The van der Waals surface area contributed by atoms with Crippen molar-refractivity contribution in [3.8, 4) is 0 Å². The summed E-state index contributed by atoms with van der Waals surface area (Å²) >= 11 is 13.3. The van der Waals surface area contributed by atoms with Gasteiger partial charge in [-0.3, -0.25) is 9.59 Å². The van der Waals surface area contributed by atoms with E-state index in [1.165, 1.54) is 11.8 Å². The highest BCUT2D eigenvalue weighted by molar-refractivity contribution is 7.99. The van der Waals surface area contributed by atoms with E-state index in [0.29, 0.717) is 21.7 Å². The van der Waals surface area contributed by atoms with Gasteiger partial charge in [0.2, 0.25) is 11.8 Å². The molecule has 1 aromatic heterocycles. The van der Waals surface area contributed by atoms with Gasteiger partial charge in [-0.2, -0.15) is 0 Å². The Morgan fingerprint density at radius 1 is 1.00 bits per heavy atom. The second-order valence-corrected chi connectivity index (χ2v) is 8.36. The van der Waals surface area contributed by atoms with Crippen molar-refractivity contribution >= 4 is 58.2 Å². The zero-order chi connectivity index (χ0) is 22.4. The van der Waals surface area contributed by atoms with E-state index >= 15 is 0 Å². The molecule has 2 aromatic carbocycles. The standard InChI is InChI=1S/C21H21Cl2N5O2S/c1-3-13-7-4-5-9-15(13)24-19(30)12-31-21-27-26-17(28(21)2)11-18(29)25-16-10-6-8-14(22)20(16)23/h4-10H,3,11-12H2,1-2H3,(H,24,30)(H,25,29). The fourth-order valence-electron chi connectivity index (χ4n) is 2.83. The van der Waals surface area contributed by atoms with Crippen molar-refractivity contribution in [2.75, 3.05) is 16.4 Å². The zero-order valence-corrected chi connectivity index (χ0v) is 19.3. The number of aryl methyl sites for hydroxylation is 1. The lowest BCUT2D eigenvalue weighted by Crippen LogP contribution is -2.17. The topological polar surface area (TPSA) is 88.9 Å². The molecule has 3 aromatic rings. The summed E-state index contributed by atoms with van der Waals surface area (Å²) in [5.74, 6) is 0.206. The van der Waals surface area contributed by atoms with Crippen molar-refractivity contribution in [3.05, 3.63) is 63.9 Å². The van der Waals surface area contributed by atoms with Gasteiger partial charge in [0.25, 0.3) is 0 Å². The SMILES string of the molecule is CCc1ccccc1NC(=O)CSc1nnc(CC(=O)Nc2cccc(Cl)c2Cl)n1C. The van der Waals surface area contributed by atoms with Gasteiger partial charge in [0.15, 0.2) is 5.16 Å². The number of anilines is 2. The molecule has 0 aliphatic heterocycles. The van der Waals surface area contributed by atoms with Crippen LogP contribution < -0.4 is 10.6 Å². The number of nitrogens with one attached hydrogen (secondary N) is 2. The van der Waals surface area contributed by atoms with Crippen molar-refractivity contribution in [2.45, 2.75) is 24.9 Å². The number of rotatable bonds is 8. The minimum Gasteiger partial charge on any atom is -0.325 e. The van der Waals surface area contributed by atoms with Crippen LogP contribution in [0.1, 0.15) is 18.3 Å². The molecule has 31 heavy (non-hydrogen) atoms. The Kier molecular flexibility index (Phi) is 7.95. The molecule has 162 valence electrons. The van der Waals surface area contributed by atoms with Crippen molar-refractivity contribution in [1.29, 1.82) is 0 Å². The maximum atomic E-state index is 12.4. The van der Waals surface area contributed by atoms with Crippen molar-refractivity contribution in [1.82, 2.24) is 14.8 Å². The van der Waals surface area contributed by atoms with Crippen molar-refractivity contribution < 1.29 is 9.59 Å². The lowest BCUT2D eigenvalue weighted by molar-refractivity contribution is -0.116. The zero-order valence-electron chi connectivity index (χ0n) is 17.0. The number of nitrogens with zero attached hydrogens (tertiary/aromatic N) is 3. The number of carbonyl (C=O) groups is 2. The van der Waals surface area contributed by atoms with Crippen LogP contribution in [0.25, 0.3) is 0 Å². The highest BCUT2D eigenvalue weighted by atomic mass is 35.5. The minimum absolute atomic E-state index is 0.00295. The molecule has 0 unspecified atom stereocenters. The van der Waals surface area contributed by atoms with Crippen LogP contribution in [-0.4, -0.2) is 32.3 Å². The fourth-order valence-corrected chi connectivity index (χ4v) is 3.91. The number of para-hydroxylation sites is 1. The van der Waals surface area contributed by atoms with Crippen LogP contribution in [0.2, 0.25) is 10.0 Å². The lowest BCUT2D eigenvalue weighted by Gasteiger charge is -2.09. The Labute approximate surface area is 194 Å². The van der Waals surface area contributed by atoms with E-state index in [1.54, 1.807) is 29.8 Å². The Bertz CT molecular complexity index is 1100. The van der Waals surface area contributed by atoms with Crippen LogP contribution in [-0.2, 0) is 29.5 Å². The highest BCUT2D eigenvalue weighted by Crippen LogP contribution is 2.29. The molecule has 1 heterocycles. The molecule has 0 fully saturated rings. The monoisotopic (exact) mass is 477 g/mol. The molecule has 0 radical (unpaired) electrons. The Morgan fingerprint density at radius 3 is 2.48 bits per heavy atom. The maximum Gasteiger partial charge on any atom is 0.234 e. The first-order valence-corrected chi connectivity index (χ1v) is 11.3. The average molecular weight is 478 g/mol. The summed E-state index contributed by atoms with van der Waals surface area (Å²) in [6, 6.07) is 12.7. The maximum absolute atomic E-state index is 12.4. The van der Waals surface area contributed by atoms with Gasteiger partial charge in [0, 0.05) is 12.7 Å². The van der Waals surface area contributed by atoms with Gasteiger partial charge in [-0.15, -0.1) is 10.2 Å². The summed E-state index contributed by atoms with van der Waals surface area (Å²) < 4.78 is 1.69. The smallest absolute Gasteiger partial charge is 0.234 e. The van der Waals surface area contributed by atoms with E-state index < -0.39 is 0 Å². The predicted octanol–water partition coefficient (Wildman–Crippen LogP) is 4.60. The van der Waals surface area contributed by atoms with Gasteiger partial charge in [-0.1, -0.05) is 66.2 Å². The van der Waals surface area contributed by atoms with Crippen LogP contribution in [0.5, 0.6) is 0 Å². The van der Waals surface area contributed by atoms with Crippen LogP contribution >= 0.6 is 35.0 Å². The molecule has 0 atom stereocenters. The summed E-state index contributed by atoms with van der Waals surface area (Å²) in [5, 5.41) is 15.0. The van der Waals surface area contributed by atoms with Gasteiger partial charge in [-0.05, 0) is 30.2 Å². The summed E-state index contributed by atoms with van der Waals surface area (Å²) in [4.78, 5) is 24.7. The van der Waals surface area contributed by atoms with Gasteiger partial charge >= 0.3 is 0 Å². The largest absolute Gasteiger partial charge is 0.325 e. The van der Waals surface area contributed by atoms with Gasteiger partial charge in [0.05, 0.1) is 27.9 Å². The number of benzene rings is 2. The highest BCUT2D eigenvalue weighted by Gasteiger charge is 2.16. The third kappa shape index (κ3) is 6.00. The minimum atomic E-state index is -0.301. The lowest BCUT2D eigenvalue weighted by atomic mass is 10.1. The number of thioether (sulfide) groups is 1. The fraction of sp³-hybridized carbons (Fsp3) is 0.238. The summed E-state index contributed by atoms with van der Waals surface area (Å²) in [6.45, 7) is 2.04. The van der Waals surface area contributed by atoms with Crippen molar-refractivity contribution in [3.63, 3.8) is 0 Å². The molecule has 10 heteroatoms. The number of halogens is 2. The van der Waals surface area contributed by atoms with E-state index in [2.05, 4.69) is 20.8 Å². The third-order valence-corrected chi connectivity index (χ3v) is 6.31. The van der Waals surface area contributed by atoms with Gasteiger partial charge < -0.3 is 15.2 Å². The second kappa shape index (κ2) is 10.7. The van der Waals surface area contributed by atoms with Crippen LogP contribution in [0.15, 0.2) is 47.6 Å². The van der Waals surface area contributed by atoms with E-state index in [9.17, 15) is 9.59 Å². The molecule has 7 nitrogen and oxygen atoms in total. The molecule has 0 aliphatic carbocycles. The van der Waals surface area contributed by atoms with E-state index in [4.69, 9.17) is 23.2 Å². The van der Waals surface area contributed by atoms with E-state index in [1.807, 2.05) is 31.2 Å². The third-order valence-electron chi connectivity index (χ3n) is 4.47. The molecular formula is C21H21Cl2N5O2S. The first-order chi connectivity index (χ1) is 14.9. The molecule has 3 rings (SSSR count). The van der Waals surface area contributed by atoms with Crippen molar-refractivity contribution in [2.24, 2.45) is 7.05 Å². The Balaban J connectivity index is 1.56. The number of hydrogen-bond acceptors (Lipinski definition) is 5. The number of aromatic nitrogens is 3. The molecule has 2 N–H and O–H groups in total. The molecule has 2 amide bonds. The normalized spacial score (nSPS) is 10.7. The average Bonchev–Trinajstić information content (AvgIpc) is 3.09. The summed E-state index contributed by atoms with van der Waals surface area (Å²) in [6.07, 6.45) is 0.835. The molecule has 0 saturated carbocycles. The Morgan fingerprint density at radius 2 is 1.71 bits per heavy atom. The molecule has 0 spiro atoms. The molecular weight excluding hydrogens is 457 g/mol. The molecule has 0 bridgehead atoms. The summed E-state index contributed by atoms with van der Waals surface area (Å²) in [5.41, 5.74) is 2.32. The Hall–Kier alpha value is -2.55. The second-order valence-electron chi connectivity index (χ2n) is 6.63. The molecule has 0 saturated heterocycles. The number of hydrogen-bond donors (Lipinski definition) is 2. The van der Waals surface area contributed by atoms with E-state index in [0.717, 1.165) is 17.7 Å². The first-order valence-electron chi connectivity index (χ1n) is 9.51. The van der Waals surface area contributed by atoms with Gasteiger partial charge in [0.1, 0.15) is 5.82 Å². The predicted molar refractivity (Wildman–Crippen MR) is 125 cm³/mol. The number of amides is 2. The quantitative estimate of drug-likeness (QED) is 0.462. The van der Waals surface area contributed by atoms with Gasteiger partial charge in [-0.25, -0.2) is 0 Å². The molecule has 0 aliphatic rings.